The van der Waals surface area contributed by atoms with E-state index in [4.69, 9.17) is 4.74 Å². The van der Waals surface area contributed by atoms with Gasteiger partial charge in [0.2, 0.25) is 0 Å². The Kier molecular flexibility index (Phi) is 6.14. The van der Waals surface area contributed by atoms with E-state index in [0.717, 1.165) is 38.5 Å². The smallest absolute Gasteiger partial charge is 0.407 e. The molecule has 0 aromatic heterocycles. The van der Waals surface area contributed by atoms with E-state index in [-0.39, 0.29) is 6.04 Å². The van der Waals surface area contributed by atoms with Crippen LogP contribution in [0.5, 0.6) is 0 Å². The Morgan fingerprint density at radius 3 is 2.62 bits per heavy atom. The van der Waals surface area contributed by atoms with Crippen LogP contribution >= 0.6 is 0 Å². The lowest BCUT2D eigenvalue weighted by atomic mass is 9.83. The molecule has 2 N–H and O–H groups in total. The van der Waals surface area contributed by atoms with Crippen molar-refractivity contribution in [2.24, 2.45) is 5.92 Å². The number of hydrogen-bond acceptors (Lipinski definition) is 3. The van der Waals surface area contributed by atoms with Gasteiger partial charge in [-0.15, -0.1) is 0 Å². The van der Waals surface area contributed by atoms with Gasteiger partial charge in [0.15, 0.2) is 0 Å². The minimum absolute atomic E-state index is 0.0789. The fourth-order valence-electron chi connectivity index (χ4n) is 4.65. The van der Waals surface area contributed by atoms with Gasteiger partial charge >= 0.3 is 6.09 Å². The summed E-state index contributed by atoms with van der Waals surface area (Å²) in [6.07, 6.45) is 4.65. The number of aliphatic hydroxyl groups excluding tert-OH is 1. The zero-order chi connectivity index (χ0) is 18.7. The van der Waals surface area contributed by atoms with Crippen molar-refractivity contribution >= 4 is 6.09 Å². The number of nitrogens with zero attached hydrogens (tertiary/aromatic N) is 1. The highest BCUT2D eigenvalue weighted by molar-refractivity contribution is 5.66. The molecule has 6 heteroatoms. The van der Waals surface area contributed by atoms with Crippen LogP contribution in [0.1, 0.15) is 56.6 Å². The van der Waals surface area contributed by atoms with Gasteiger partial charge in [0.25, 0.3) is 0 Å². The van der Waals surface area contributed by atoms with Crippen molar-refractivity contribution < 1.29 is 24.1 Å². The molecule has 1 aromatic rings. The van der Waals surface area contributed by atoms with Gasteiger partial charge in [0, 0.05) is 13.2 Å². The Bertz CT molecular complexity index is 618. The number of rotatable bonds is 5. The quantitative estimate of drug-likeness (QED) is 0.828. The van der Waals surface area contributed by atoms with Crippen LogP contribution in [0.15, 0.2) is 24.3 Å². The monoisotopic (exact) mass is 365 g/mol. The number of halogens is 1. The minimum Gasteiger partial charge on any atom is -0.465 e. The van der Waals surface area contributed by atoms with Crippen molar-refractivity contribution in [1.29, 1.82) is 0 Å². The second-order valence-electron chi connectivity index (χ2n) is 7.60. The molecule has 1 heterocycles. The minimum atomic E-state index is -1.00. The van der Waals surface area contributed by atoms with Crippen molar-refractivity contribution in [3.05, 3.63) is 35.6 Å². The van der Waals surface area contributed by atoms with Gasteiger partial charge in [0.05, 0.1) is 18.2 Å². The summed E-state index contributed by atoms with van der Waals surface area (Å²) in [4.78, 5) is 13.3. The number of amides is 1. The van der Waals surface area contributed by atoms with Crippen LogP contribution in [0.25, 0.3) is 0 Å². The molecule has 5 nitrogen and oxygen atoms in total. The largest absolute Gasteiger partial charge is 0.465 e. The van der Waals surface area contributed by atoms with Gasteiger partial charge in [-0.25, -0.2) is 9.18 Å². The van der Waals surface area contributed by atoms with Crippen LogP contribution in [0, 0.1) is 11.7 Å². The van der Waals surface area contributed by atoms with Gasteiger partial charge in [-0.05, 0) is 68.6 Å². The number of methoxy groups -OCH3 is 1. The van der Waals surface area contributed by atoms with E-state index in [2.05, 4.69) is 0 Å². The fourth-order valence-corrected chi connectivity index (χ4v) is 4.65. The van der Waals surface area contributed by atoms with Crippen molar-refractivity contribution in [2.75, 3.05) is 7.11 Å². The Morgan fingerprint density at radius 2 is 2.00 bits per heavy atom. The van der Waals surface area contributed by atoms with Crippen molar-refractivity contribution in [3.8, 4) is 0 Å². The molecule has 3 atom stereocenters. The third kappa shape index (κ3) is 4.18. The molecule has 1 amide bonds. The topological polar surface area (TPSA) is 70.0 Å². The van der Waals surface area contributed by atoms with E-state index >= 15 is 0 Å². The summed E-state index contributed by atoms with van der Waals surface area (Å²) in [6.45, 7) is 0. The molecule has 0 bridgehead atoms. The third-order valence-corrected chi connectivity index (χ3v) is 6.05. The Morgan fingerprint density at radius 1 is 1.27 bits per heavy atom. The molecule has 2 aliphatic rings. The van der Waals surface area contributed by atoms with Gasteiger partial charge < -0.3 is 14.9 Å². The fraction of sp³-hybridized carbons (Fsp3) is 0.650. The van der Waals surface area contributed by atoms with E-state index in [1.54, 1.807) is 19.2 Å². The first kappa shape index (κ1) is 19.1. The Hall–Kier alpha value is -1.66. The normalized spacial score (nSPS) is 30.3. The summed E-state index contributed by atoms with van der Waals surface area (Å²) in [6, 6.07) is 5.19. The van der Waals surface area contributed by atoms with Crippen LogP contribution < -0.4 is 0 Å². The highest BCUT2D eigenvalue weighted by Crippen LogP contribution is 2.38. The standard InChI is InChI=1S/C20H28FNO4/c1-26-17-8-5-13(6-9-17)11-16-7-10-18(22(16)20(24)25)19(23)14-3-2-4-15(21)12-14/h2-4,12-13,16-19,23H,5-11H2,1H3,(H,24,25)/t13?,16-,17?,18?,19-/m0/s1. The van der Waals surface area contributed by atoms with E-state index in [9.17, 15) is 19.4 Å². The molecule has 1 aromatic carbocycles. The van der Waals surface area contributed by atoms with Crippen molar-refractivity contribution in [1.82, 2.24) is 4.90 Å². The number of ether oxygens (including phenoxy) is 1. The van der Waals surface area contributed by atoms with Crippen molar-refractivity contribution in [2.45, 2.75) is 69.2 Å². The summed E-state index contributed by atoms with van der Waals surface area (Å²) < 4.78 is 18.9. The molecule has 0 radical (unpaired) electrons. The predicted molar refractivity (Wildman–Crippen MR) is 95.4 cm³/mol. The van der Waals surface area contributed by atoms with Gasteiger partial charge in [-0.3, -0.25) is 4.90 Å². The molecule has 1 saturated heterocycles. The molecule has 144 valence electrons. The maximum atomic E-state index is 13.5. The lowest BCUT2D eigenvalue weighted by Gasteiger charge is -2.34. The SMILES string of the molecule is COC1CCC(C[C@@H]2CCC([C@@H](O)c3cccc(F)c3)N2C(=O)O)CC1. The number of carboxylic acid groups (broad SMARTS) is 1. The van der Waals surface area contributed by atoms with Gasteiger partial charge in [-0.1, -0.05) is 12.1 Å². The lowest BCUT2D eigenvalue weighted by molar-refractivity contribution is 0.0368. The molecule has 2 fully saturated rings. The van der Waals surface area contributed by atoms with Crippen LogP contribution in [0.4, 0.5) is 9.18 Å². The third-order valence-electron chi connectivity index (χ3n) is 6.05. The summed E-state index contributed by atoms with van der Waals surface area (Å²) in [7, 11) is 1.74. The lowest BCUT2D eigenvalue weighted by Crippen LogP contribution is -2.44. The Labute approximate surface area is 153 Å². The van der Waals surface area contributed by atoms with E-state index < -0.39 is 24.1 Å². The van der Waals surface area contributed by atoms with Crippen LogP contribution in [-0.2, 0) is 4.74 Å². The first-order valence-corrected chi connectivity index (χ1v) is 9.47. The molecule has 3 rings (SSSR count). The van der Waals surface area contributed by atoms with Crippen molar-refractivity contribution in [3.63, 3.8) is 0 Å². The Balaban J connectivity index is 1.67. The average Bonchev–Trinajstić information content (AvgIpc) is 3.05. The number of carbonyl (C=O) groups is 1. The molecular formula is C20H28FNO4. The summed E-state index contributed by atoms with van der Waals surface area (Å²) in [5.41, 5.74) is 0.433. The van der Waals surface area contributed by atoms with Gasteiger partial charge in [-0.2, -0.15) is 0 Å². The van der Waals surface area contributed by atoms with E-state index in [0.29, 0.717) is 24.0 Å². The number of benzene rings is 1. The van der Waals surface area contributed by atoms with Crippen LogP contribution in [-0.4, -0.2) is 46.5 Å². The van der Waals surface area contributed by atoms with E-state index in [1.165, 1.54) is 17.0 Å². The van der Waals surface area contributed by atoms with Crippen LogP contribution in [0.3, 0.4) is 0 Å². The summed E-state index contributed by atoms with van der Waals surface area (Å²) in [5, 5.41) is 20.4. The summed E-state index contributed by atoms with van der Waals surface area (Å²) in [5.74, 6) is 0.0752. The molecule has 0 spiro atoms. The molecule has 1 unspecified atom stereocenters. The molecule has 1 saturated carbocycles. The molecular weight excluding hydrogens is 337 g/mol. The van der Waals surface area contributed by atoms with Crippen LogP contribution in [0.2, 0.25) is 0 Å². The number of likely N-dealkylation sites (tertiary alicyclic amines) is 1. The molecule has 1 aliphatic heterocycles. The summed E-state index contributed by atoms with van der Waals surface area (Å²) >= 11 is 0. The molecule has 26 heavy (non-hydrogen) atoms. The highest BCUT2D eigenvalue weighted by Gasteiger charge is 2.42. The average molecular weight is 365 g/mol. The first-order valence-electron chi connectivity index (χ1n) is 9.47. The zero-order valence-corrected chi connectivity index (χ0v) is 15.2. The second-order valence-corrected chi connectivity index (χ2v) is 7.60. The maximum absolute atomic E-state index is 13.5. The maximum Gasteiger partial charge on any atom is 0.407 e. The zero-order valence-electron chi connectivity index (χ0n) is 15.2. The predicted octanol–water partition coefficient (Wildman–Crippen LogP) is 3.97. The van der Waals surface area contributed by atoms with Gasteiger partial charge in [0.1, 0.15) is 5.82 Å². The number of hydrogen-bond donors (Lipinski definition) is 2. The second kappa shape index (κ2) is 8.35. The highest BCUT2D eigenvalue weighted by atomic mass is 19.1. The first-order chi connectivity index (χ1) is 12.5. The van der Waals surface area contributed by atoms with E-state index in [1.807, 2.05) is 0 Å². The molecule has 1 aliphatic carbocycles. The number of aliphatic hydroxyl groups is 1.